The Hall–Kier alpha value is -1.00. The van der Waals surface area contributed by atoms with E-state index in [-0.39, 0.29) is 12.5 Å². The molecule has 0 fully saturated rings. The maximum absolute atomic E-state index is 12.0. The Bertz CT molecular complexity index is 359. The van der Waals surface area contributed by atoms with Gasteiger partial charge in [-0.25, -0.2) is 0 Å². The van der Waals surface area contributed by atoms with Crippen molar-refractivity contribution in [2.75, 3.05) is 25.4 Å². The van der Waals surface area contributed by atoms with Crippen LogP contribution in [-0.2, 0) is 4.79 Å². The maximum Gasteiger partial charge on any atom is 0.233 e. The monoisotopic (exact) mass is 267 g/mol. The molecule has 1 amide bonds. The predicted molar refractivity (Wildman–Crippen MR) is 75.9 cm³/mol. The maximum atomic E-state index is 12.0. The molecular formula is C14H21NO2S. The first-order chi connectivity index (χ1) is 8.67. The summed E-state index contributed by atoms with van der Waals surface area (Å²) >= 11 is 1.54. The van der Waals surface area contributed by atoms with Gasteiger partial charge < -0.3 is 10.0 Å². The van der Waals surface area contributed by atoms with Crippen LogP contribution in [0.1, 0.15) is 18.9 Å². The summed E-state index contributed by atoms with van der Waals surface area (Å²) in [7, 11) is 0. The van der Waals surface area contributed by atoms with Gasteiger partial charge in [-0.15, -0.1) is 11.8 Å². The van der Waals surface area contributed by atoms with E-state index >= 15 is 0 Å². The molecule has 0 heterocycles. The van der Waals surface area contributed by atoms with Crippen molar-refractivity contribution in [1.82, 2.24) is 4.90 Å². The van der Waals surface area contributed by atoms with E-state index in [9.17, 15) is 4.79 Å². The number of benzene rings is 1. The zero-order chi connectivity index (χ0) is 13.4. The SMILES string of the molecule is CCCN(CCO)C(=O)CSc1ccc(C)cc1. The van der Waals surface area contributed by atoms with E-state index in [1.165, 1.54) is 5.56 Å². The molecule has 1 aromatic carbocycles. The van der Waals surface area contributed by atoms with Crippen LogP contribution >= 0.6 is 11.8 Å². The van der Waals surface area contributed by atoms with E-state index in [0.29, 0.717) is 18.8 Å². The number of nitrogens with zero attached hydrogens (tertiary/aromatic N) is 1. The molecule has 1 aromatic rings. The molecular weight excluding hydrogens is 246 g/mol. The highest BCUT2D eigenvalue weighted by Crippen LogP contribution is 2.18. The summed E-state index contributed by atoms with van der Waals surface area (Å²) in [6.45, 7) is 5.25. The van der Waals surface area contributed by atoms with Crippen LogP contribution in [-0.4, -0.2) is 41.4 Å². The lowest BCUT2D eigenvalue weighted by Gasteiger charge is -2.20. The molecule has 0 aliphatic heterocycles. The number of amides is 1. The first-order valence-corrected chi connectivity index (χ1v) is 7.24. The molecule has 18 heavy (non-hydrogen) atoms. The van der Waals surface area contributed by atoms with Crippen LogP contribution in [0.25, 0.3) is 0 Å². The fraction of sp³-hybridized carbons (Fsp3) is 0.500. The highest BCUT2D eigenvalue weighted by atomic mass is 32.2. The molecule has 0 aliphatic carbocycles. The van der Waals surface area contributed by atoms with Gasteiger partial charge in [-0.2, -0.15) is 0 Å². The normalized spacial score (nSPS) is 10.4. The zero-order valence-corrected chi connectivity index (χ0v) is 11.9. The number of thioether (sulfide) groups is 1. The first kappa shape index (κ1) is 15.1. The highest BCUT2D eigenvalue weighted by molar-refractivity contribution is 8.00. The van der Waals surface area contributed by atoms with Crippen LogP contribution in [0, 0.1) is 6.92 Å². The summed E-state index contributed by atoms with van der Waals surface area (Å²) in [5.74, 6) is 0.528. The Labute approximate surface area is 113 Å². The summed E-state index contributed by atoms with van der Waals surface area (Å²) in [6.07, 6.45) is 0.918. The van der Waals surface area contributed by atoms with Crippen molar-refractivity contribution in [3.05, 3.63) is 29.8 Å². The lowest BCUT2D eigenvalue weighted by Crippen LogP contribution is -2.35. The highest BCUT2D eigenvalue weighted by Gasteiger charge is 2.12. The minimum Gasteiger partial charge on any atom is -0.395 e. The third-order valence-electron chi connectivity index (χ3n) is 2.60. The molecule has 0 aliphatic rings. The molecule has 4 heteroatoms. The summed E-state index contributed by atoms with van der Waals surface area (Å²) in [6, 6.07) is 8.15. The number of rotatable bonds is 7. The van der Waals surface area contributed by atoms with Crippen LogP contribution < -0.4 is 0 Å². The van der Waals surface area contributed by atoms with Crippen LogP contribution in [0.4, 0.5) is 0 Å². The molecule has 0 saturated heterocycles. The number of carbonyl (C=O) groups excluding carboxylic acids is 1. The third kappa shape index (κ3) is 5.10. The molecule has 0 aromatic heterocycles. The smallest absolute Gasteiger partial charge is 0.233 e. The molecule has 1 rings (SSSR count). The summed E-state index contributed by atoms with van der Waals surface area (Å²) < 4.78 is 0. The predicted octanol–water partition coefficient (Wildman–Crippen LogP) is 2.32. The first-order valence-electron chi connectivity index (χ1n) is 6.25. The van der Waals surface area contributed by atoms with E-state index in [0.717, 1.165) is 11.3 Å². The number of hydrogen-bond acceptors (Lipinski definition) is 3. The van der Waals surface area contributed by atoms with Crippen molar-refractivity contribution in [3.8, 4) is 0 Å². The lowest BCUT2D eigenvalue weighted by atomic mass is 10.2. The topological polar surface area (TPSA) is 40.5 Å². The van der Waals surface area contributed by atoms with Crippen molar-refractivity contribution in [1.29, 1.82) is 0 Å². The van der Waals surface area contributed by atoms with Gasteiger partial charge in [0.15, 0.2) is 0 Å². The molecule has 0 bridgehead atoms. The zero-order valence-electron chi connectivity index (χ0n) is 11.1. The van der Waals surface area contributed by atoms with E-state index in [1.54, 1.807) is 16.7 Å². The summed E-state index contributed by atoms with van der Waals surface area (Å²) in [5.41, 5.74) is 1.22. The number of aliphatic hydroxyl groups excluding tert-OH is 1. The quantitative estimate of drug-likeness (QED) is 0.771. The fourth-order valence-electron chi connectivity index (χ4n) is 1.62. The number of hydrogen-bond donors (Lipinski definition) is 1. The van der Waals surface area contributed by atoms with Gasteiger partial charge in [0.2, 0.25) is 5.91 Å². The van der Waals surface area contributed by atoms with Crippen molar-refractivity contribution in [2.45, 2.75) is 25.2 Å². The van der Waals surface area contributed by atoms with Crippen LogP contribution in [0.5, 0.6) is 0 Å². The van der Waals surface area contributed by atoms with E-state index in [1.807, 2.05) is 38.1 Å². The second-order valence-electron chi connectivity index (χ2n) is 4.21. The van der Waals surface area contributed by atoms with Gasteiger partial charge in [-0.1, -0.05) is 24.6 Å². The van der Waals surface area contributed by atoms with E-state index < -0.39 is 0 Å². The number of aryl methyl sites for hydroxylation is 1. The molecule has 0 spiro atoms. The van der Waals surface area contributed by atoms with Crippen molar-refractivity contribution in [3.63, 3.8) is 0 Å². The Morgan fingerprint density at radius 1 is 1.28 bits per heavy atom. The minimum atomic E-state index is 0.0287. The van der Waals surface area contributed by atoms with Crippen molar-refractivity contribution >= 4 is 17.7 Å². The van der Waals surface area contributed by atoms with Gasteiger partial charge in [0, 0.05) is 18.0 Å². The molecule has 0 atom stereocenters. The minimum absolute atomic E-state index is 0.0287. The molecule has 0 radical (unpaired) electrons. The van der Waals surface area contributed by atoms with Gasteiger partial charge >= 0.3 is 0 Å². The molecule has 100 valence electrons. The second-order valence-corrected chi connectivity index (χ2v) is 5.25. The number of aliphatic hydroxyl groups is 1. The average Bonchev–Trinajstić information content (AvgIpc) is 2.37. The fourth-order valence-corrected chi connectivity index (χ4v) is 2.42. The van der Waals surface area contributed by atoms with Gasteiger partial charge in [0.1, 0.15) is 0 Å². The lowest BCUT2D eigenvalue weighted by molar-refractivity contribution is -0.128. The Morgan fingerprint density at radius 3 is 2.50 bits per heavy atom. The second kappa shape index (κ2) is 8.16. The van der Waals surface area contributed by atoms with Crippen LogP contribution in [0.2, 0.25) is 0 Å². The van der Waals surface area contributed by atoms with E-state index in [2.05, 4.69) is 0 Å². The van der Waals surface area contributed by atoms with Gasteiger partial charge in [-0.05, 0) is 25.5 Å². The molecule has 0 saturated carbocycles. The largest absolute Gasteiger partial charge is 0.395 e. The van der Waals surface area contributed by atoms with E-state index in [4.69, 9.17) is 5.11 Å². The summed E-state index contributed by atoms with van der Waals surface area (Å²) in [5, 5.41) is 8.93. The Kier molecular flexibility index (Phi) is 6.83. The van der Waals surface area contributed by atoms with Crippen LogP contribution in [0.3, 0.4) is 0 Å². The molecule has 1 N–H and O–H groups in total. The molecule has 3 nitrogen and oxygen atoms in total. The third-order valence-corrected chi connectivity index (χ3v) is 3.60. The summed E-state index contributed by atoms with van der Waals surface area (Å²) in [4.78, 5) is 14.8. The van der Waals surface area contributed by atoms with Crippen LogP contribution in [0.15, 0.2) is 29.2 Å². The average molecular weight is 267 g/mol. The van der Waals surface area contributed by atoms with Gasteiger partial charge in [-0.3, -0.25) is 4.79 Å². The Balaban J connectivity index is 2.45. The van der Waals surface area contributed by atoms with Gasteiger partial charge in [0.05, 0.1) is 12.4 Å². The van der Waals surface area contributed by atoms with Crippen molar-refractivity contribution < 1.29 is 9.90 Å². The van der Waals surface area contributed by atoms with Gasteiger partial charge in [0.25, 0.3) is 0 Å². The standard InChI is InChI=1S/C14H21NO2S/c1-3-8-15(9-10-16)14(17)11-18-13-6-4-12(2)5-7-13/h4-7,16H,3,8-11H2,1-2H3. The van der Waals surface area contributed by atoms with Crippen molar-refractivity contribution in [2.24, 2.45) is 0 Å². The molecule has 0 unspecified atom stereocenters. The number of carbonyl (C=O) groups is 1. The Morgan fingerprint density at radius 2 is 1.94 bits per heavy atom.